The molecule has 3 rings (SSSR count). The van der Waals surface area contributed by atoms with Crippen LogP contribution >= 0.6 is 11.3 Å². The van der Waals surface area contributed by atoms with E-state index >= 15 is 0 Å². The van der Waals surface area contributed by atoms with Crippen molar-refractivity contribution >= 4 is 29.0 Å². The second-order valence-corrected chi connectivity index (χ2v) is 10.0. The number of thiophene rings is 1. The first-order chi connectivity index (χ1) is 17.8. The highest BCUT2D eigenvalue weighted by Crippen LogP contribution is 2.28. The molecule has 0 aliphatic heterocycles. The topological polar surface area (TPSA) is 71.1 Å². The zero-order valence-electron chi connectivity index (χ0n) is 22.4. The first-order valence-corrected chi connectivity index (χ1v) is 13.4. The van der Waals surface area contributed by atoms with Gasteiger partial charge in [0.2, 0.25) is 5.91 Å². The van der Waals surface area contributed by atoms with Crippen molar-refractivity contribution in [2.24, 2.45) is 0 Å². The molecule has 1 heterocycles. The second-order valence-electron chi connectivity index (χ2n) is 9.00. The van der Waals surface area contributed by atoms with Crippen LogP contribution in [0.2, 0.25) is 0 Å². The van der Waals surface area contributed by atoms with Crippen molar-refractivity contribution in [3.63, 3.8) is 0 Å². The predicted molar refractivity (Wildman–Crippen MR) is 150 cm³/mol. The molecule has 7 nitrogen and oxygen atoms in total. The molecular formula is C29H37N3O4S. The molecule has 0 aliphatic rings. The number of urea groups is 1. The number of anilines is 1. The van der Waals surface area contributed by atoms with E-state index in [1.807, 2.05) is 79.6 Å². The van der Waals surface area contributed by atoms with Crippen LogP contribution in [0.15, 0.2) is 53.9 Å². The summed E-state index contributed by atoms with van der Waals surface area (Å²) < 4.78 is 10.8. The van der Waals surface area contributed by atoms with Gasteiger partial charge in [-0.3, -0.25) is 4.79 Å². The average Bonchev–Trinajstić information content (AvgIpc) is 3.40. The van der Waals surface area contributed by atoms with Crippen molar-refractivity contribution in [1.29, 1.82) is 0 Å². The molecular weight excluding hydrogens is 486 g/mol. The quantitative estimate of drug-likeness (QED) is 0.321. The van der Waals surface area contributed by atoms with Gasteiger partial charge in [0, 0.05) is 23.7 Å². The smallest absolute Gasteiger partial charge is 0.322 e. The van der Waals surface area contributed by atoms with Crippen LogP contribution in [0.5, 0.6) is 11.5 Å². The van der Waals surface area contributed by atoms with Gasteiger partial charge in [0.15, 0.2) is 11.5 Å². The van der Waals surface area contributed by atoms with Gasteiger partial charge >= 0.3 is 6.03 Å². The molecule has 0 bridgehead atoms. The molecule has 0 aliphatic carbocycles. The first kappa shape index (κ1) is 28.1. The van der Waals surface area contributed by atoms with E-state index < -0.39 is 0 Å². The normalized spacial score (nSPS) is 10.6. The van der Waals surface area contributed by atoms with Crippen LogP contribution in [0.3, 0.4) is 0 Å². The molecule has 0 spiro atoms. The molecule has 0 radical (unpaired) electrons. The van der Waals surface area contributed by atoms with E-state index in [-0.39, 0.29) is 18.5 Å². The summed E-state index contributed by atoms with van der Waals surface area (Å²) in [7, 11) is 3.22. The second kappa shape index (κ2) is 13.7. The Morgan fingerprint density at radius 1 is 0.946 bits per heavy atom. The van der Waals surface area contributed by atoms with Crippen molar-refractivity contribution in [3.8, 4) is 11.5 Å². The Balaban J connectivity index is 1.73. The van der Waals surface area contributed by atoms with Crippen LogP contribution in [0.1, 0.15) is 34.9 Å². The van der Waals surface area contributed by atoms with E-state index in [0.29, 0.717) is 37.6 Å². The molecule has 1 N–H and O–H groups in total. The molecule has 8 heteroatoms. The van der Waals surface area contributed by atoms with Crippen LogP contribution < -0.4 is 14.8 Å². The summed E-state index contributed by atoms with van der Waals surface area (Å²) in [5.74, 6) is 1.24. The number of carbonyl (C=O) groups excluding carboxylic acids is 2. The standard InChI is InChI=1S/C29H37N3O4S/c1-6-14-32(29(34)30-25-11-9-21(2)17-22(25)3)20-28(33)31(19-24-8-7-16-37-24)15-13-23-10-12-26(35-4)27(18-23)36-5/h7-12,16-18H,6,13-15,19-20H2,1-5H3,(H,30,34). The third kappa shape index (κ3) is 7.98. The number of methoxy groups -OCH3 is 2. The SMILES string of the molecule is CCCN(CC(=O)N(CCc1ccc(OC)c(OC)c1)Cc1cccs1)C(=O)Nc1ccc(C)cc1C. The van der Waals surface area contributed by atoms with Gasteiger partial charge in [-0.25, -0.2) is 4.79 Å². The number of hydrogen-bond acceptors (Lipinski definition) is 5. The highest BCUT2D eigenvalue weighted by atomic mass is 32.1. The Bertz CT molecular complexity index is 1180. The van der Waals surface area contributed by atoms with Crippen LogP contribution in [-0.4, -0.2) is 55.6 Å². The van der Waals surface area contributed by atoms with Crippen LogP contribution in [0.4, 0.5) is 10.5 Å². The van der Waals surface area contributed by atoms with E-state index in [1.165, 1.54) is 0 Å². The Morgan fingerprint density at radius 3 is 2.38 bits per heavy atom. The highest BCUT2D eigenvalue weighted by molar-refractivity contribution is 7.09. The van der Waals surface area contributed by atoms with E-state index in [0.717, 1.165) is 33.7 Å². The third-order valence-electron chi connectivity index (χ3n) is 6.13. The van der Waals surface area contributed by atoms with Crippen molar-refractivity contribution in [3.05, 3.63) is 75.5 Å². The minimum atomic E-state index is -0.266. The zero-order chi connectivity index (χ0) is 26.8. The molecule has 0 saturated carbocycles. The fourth-order valence-corrected chi connectivity index (χ4v) is 4.84. The number of benzene rings is 2. The van der Waals surface area contributed by atoms with Gasteiger partial charge in [0.25, 0.3) is 0 Å². The summed E-state index contributed by atoms with van der Waals surface area (Å²) >= 11 is 1.62. The van der Waals surface area contributed by atoms with Gasteiger partial charge in [-0.1, -0.05) is 36.8 Å². The van der Waals surface area contributed by atoms with E-state index in [9.17, 15) is 9.59 Å². The number of rotatable bonds is 12. The van der Waals surface area contributed by atoms with E-state index in [4.69, 9.17) is 9.47 Å². The zero-order valence-corrected chi connectivity index (χ0v) is 23.2. The number of ether oxygens (including phenoxy) is 2. The lowest BCUT2D eigenvalue weighted by Gasteiger charge is -2.28. The Kier molecular flexibility index (Phi) is 10.4. The largest absolute Gasteiger partial charge is 0.493 e. The Morgan fingerprint density at radius 2 is 1.73 bits per heavy atom. The molecule has 0 saturated heterocycles. The van der Waals surface area contributed by atoms with Gasteiger partial charge in [0.05, 0.1) is 20.8 Å². The lowest BCUT2D eigenvalue weighted by molar-refractivity contribution is -0.132. The number of amides is 3. The van der Waals surface area contributed by atoms with Gasteiger partial charge < -0.3 is 24.6 Å². The first-order valence-electron chi connectivity index (χ1n) is 12.5. The van der Waals surface area contributed by atoms with Crippen molar-refractivity contribution in [1.82, 2.24) is 9.80 Å². The van der Waals surface area contributed by atoms with Gasteiger partial charge in [-0.15, -0.1) is 11.3 Å². The molecule has 2 aromatic carbocycles. The molecule has 0 fully saturated rings. The average molecular weight is 524 g/mol. The number of nitrogens with zero attached hydrogens (tertiary/aromatic N) is 2. The van der Waals surface area contributed by atoms with Gasteiger partial charge in [-0.2, -0.15) is 0 Å². The molecule has 0 unspecified atom stereocenters. The monoisotopic (exact) mass is 523 g/mol. The lowest BCUT2D eigenvalue weighted by Crippen LogP contribution is -2.45. The molecule has 1 aromatic heterocycles. The minimum Gasteiger partial charge on any atom is -0.493 e. The maximum Gasteiger partial charge on any atom is 0.322 e. The molecule has 3 aromatic rings. The van der Waals surface area contributed by atoms with E-state index in [2.05, 4.69) is 5.32 Å². The Labute approximate surface area is 224 Å². The number of nitrogens with one attached hydrogen (secondary N) is 1. The fourth-order valence-electron chi connectivity index (χ4n) is 4.12. The maximum atomic E-state index is 13.5. The number of carbonyl (C=O) groups is 2. The van der Waals surface area contributed by atoms with Crippen LogP contribution in [0, 0.1) is 13.8 Å². The molecule has 0 atom stereocenters. The number of aryl methyl sites for hydroxylation is 2. The summed E-state index contributed by atoms with van der Waals surface area (Å²) in [5, 5.41) is 4.99. The van der Waals surface area contributed by atoms with Gasteiger partial charge in [-0.05, 0) is 67.5 Å². The third-order valence-corrected chi connectivity index (χ3v) is 6.99. The minimum absolute atomic E-state index is 0.0158. The van der Waals surface area contributed by atoms with Crippen molar-refractivity contribution < 1.29 is 19.1 Å². The van der Waals surface area contributed by atoms with Crippen LogP contribution in [-0.2, 0) is 17.8 Å². The summed E-state index contributed by atoms with van der Waals surface area (Å²) in [6.45, 7) is 7.52. The van der Waals surface area contributed by atoms with Gasteiger partial charge in [0.1, 0.15) is 6.54 Å². The van der Waals surface area contributed by atoms with E-state index in [1.54, 1.807) is 30.5 Å². The Hall–Kier alpha value is -3.52. The summed E-state index contributed by atoms with van der Waals surface area (Å²) in [6.07, 6.45) is 1.41. The van der Waals surface area contributed by atoms with Crippen molar-refractivity contribution in [2.75, 3.05) is 39.2 Å². The lowest BCUT2D eigenvalue weighted by atomic mass is 10.1. The highest BCUT2D eigenvalue weighted by Gasteiger charge is 2.22. The predicted octanol–water partition coefficient (Wildman–Crippen LogP) is 5.90. The molecule has 3 amide bonds. The molecule has 198 valence electrons. The van der Waals surface area contributed by atoms with Crippen LogP contribution in [0.25, 0.3) is 0 Å². The summed E-state index contributed by atoms with van der Waals surface area (Å²) in [5.41, 5.74) is 3.92. The number of hydrogen-bond donors (Lipinski definition) is 1. The summed E-state index contributed by atoms with van der Waals surface area (Å²) in [4.78, 5) is 31.2. The molecule has 37 heavy (non-hydrogen) atoms. The fraction of sp³-hybridized carbons (Fsp3) is 0.379. The van der Waals surface area contributed by atoms with Crippen molar-refractivity contribution in [2.45, 2.75) is 40.2 Å². The summed E-state index contributed by atoms with van der Waals surface area (Å²) in [6, 6.07) is 15.4. The maximum absolute atomic E-state index is 13.5.